The summed E-state index contributed by atoms with van der Waals surface area (Å²) in [5, 5.41) is 10.3. The molecule has 132 valence electrons. The van der Waals surface area contributed by atoms with Crippen LogP contribution < -0.4 is 0 Å². The van der Waals surface area contributed by atoms with Crippen molar-refractivity contribution in [3.8, 4) is 0 Å². The molecule has 0 aromatic rings. The van der Waals surface area contributed by atoms with Gasteiger partial charge < -0.3 is 5.11 Å². The summed E-state index contributed by atoms with van der Waals surface area (Å²) >= 11 is 0. The molecule has 4 unspecified atom stereocenters. The minimum Gasteiger partial charge on any atom is -0.395 e. The van der Waals surface area contributed by atoms with E-state index < -0.39 is 0 Å². The van der Waals surface area contributed by atoms with Gasteiger partial charge >= 0.3 is 0 Å². The van der Waals surface area contributed by atoms with Gasteiger partial charge in [-0.3, -0.25) is 9.59 Å². The first-order chi connectivity index (χ1) is 11.4. The molecule has 0 spiro atoms. The van der Waals surface area contributed by atoms with Crippen molar-refractivity contribution >= 4 is 11.6 Å². The molecule has 4 aliphatic carbocycles. The van der Waals surface area contributed by atoms with Crippen LogP contribution in [0.1, 0.15) is 65.2 Å². The van der Waals surface area contributed by atoms with E-state index in [1.807, 2.05) is 6.08 Å². The first-order valence-corrected chi connectivity index (χ1v) is 9.77. The molecule has 3 fully saturated rings. The standard InChI is InChI=1S/C21H30O3/c1-13(23)17-5-6-18-16-4-3-14-11-15(24)7-10-21(14,12-22)19(16)8-9-20(17,18)2/h11,16-19,22H,3-10,12H2,1-2H3/t16?,17?,18?,19?,20-,21-/m1/s1. The van der Waals surface area contributed by atoms with E-state index in [2.05, 4.69) is 6.92 Å². The topological polar surface area (TPSA) is 54.4 Å². The first kappa shape index (κ1) is 16.5. The number of carbonyl (C=O) groups is 2. The van der Waals surface area contributed by atoms with Gasteiger partial charge in [-0.15, -0.1) is 0 Å². The van der Waals surface area contributed by atoms with Gasteiger partial charge in [-0.05, 0) is 81.1 Å². The molecular weight excluding hydrogens is 300 g/mol. The zero-order chi connectivity index (χ0) is 17.1. The van der Waals surface area contributed by atoms with Gasteiger partial charge in [0.1, 0.15) is 5.78 Å². The quantitative estimate of drug-likeness (QED) is 0.840. The van der Waals surface area contributed by atoms with Gasteiger partial charge in [-0.25, -0.2) is 0 Å². The Labute approximate surface area is 144 Å². The van der Waals surface area contributed by atoms with Gasteiger partial charge in [0.25, 0.3) is 0 Å². The third-order valence-electron chi connectivity index (χ3n) is 8.46. The normalized spacial score (nSPS) is 47.5. The molecule has 0 aromatic carbocycles. The van der Waals surface area contributed by atoms with Gasteiger partial charge in [0, 0.05) is 17.8 Å². The molecule has 0 radical (unpaired) electrons. The summed E-state index contributed by atoms with van der Waals surface area (Å²) < 4.78 is 0. The molecule has 6 atom stereocenters. The molecule has 0 heterocycles. The Bertz CT molecular complexity index is 606. The molecule has 24 heavy (non-hydrogen) atoms. The fraction of sp³-hybridized carbons (Fsp3) is 0.810. The number of aliphatic hydroxyl groups is 1. The molecule has 1 N–H and O–H groups in total. The van der Waals surface area contributed by atoms with Crippen molar-refractivity contribution in [1.82, 2.24) is 0 Å². The Balaban J connectivity index is 1.69. The number of hydrogen-bond donors (Lipinski definition) is 1. The van der Waals surface area contributed by atoms with Crippen LogP contribution in [0.2, 0.25) is 0 Å². The summed E-state index contributed by atoms with van der Waals surface area (Å²) in [4.78, 5) is 24.1. The van der Waals surface area contributed by atoms with Crippen molar-refractivity contribution in [2.75, 3.05) is 6.61 Å². The maximum absolute atomic E-state index is 12.2. The van der Waals surface area contributed by atoms with Gasteiger partial charge in [-0.1, -0.05) is 12.5 Å². The number of hydrogen-bond acceptors (Lipinski definition) is 3. The van der Waals surface area contributed by atoms with E-state index in [1.165, 1.54) is 12.0 Å². The molecule has 0 amide bonds. The van der Waals surface area contributed by atoms with Gasteiger partial charge in [-0.2, -0.15) is 0 Å². The lowest BCUT2D eigenvalue weighted by Crippen LogP contribution is -2.53. The van der Waals surface area contributed by atoms with Gasteiger partial charge in [0.05, 0.1) is 6.61 Å². The molecule has 4 aliphatic rings. The summed E-state index contributed by atoms with van der Waals surface area (Å²) in [5.41, 5.74) is 1.24. The molecule has 0 aliphatic heterocycles. The SMILES string of the molecule is CC(=O)C1CCC2C3CCC4=CC(=O)CC[C@]4(CO)C3CC[C@]12C. The van der Waals surface area contributed by atoms with Gasteiger partial charge in [0.15, 0.2) is 5.78 Å². The van der Waals surface area contributed by atoms with Crippen molar-refractivity contribution in [2.45, 2.75) is 65.2 Å². The van der Waals surface area contributed by atoms with Crippen molar-refractivity contribution in [1.29, 1.82) is 0 Å². The average Bonchev–Trinajstić information content (AvgIpc) is 2.91. The van der Waals surface area contributed by atoms with E-state index in [4.69, 9.17) is 0 Å². The number of aliphatic hydroxyl groups excluding tert-OH is 1. The fourth-order valence-electron chi connectivity index (χ4n) is 7.33. The number of carbonyl (C=O) groups excluding carboxylic acids is 2. The lowest BCUT2D eigenvalue weighted by atomic mass is 9.46. The summed E-state index contributed by atoms with van der Waals surface area (Å²) in [6.45, 7) is 4.31. The lowest BCUT2D eigenvalue weighted by Gasteiger charge is -2.58. The summed E-state index contributed by atoms with van der Waals surface area (Å²) in [5.74, 6) is 2.58. The van der Waals surface area contributed by atoms with E-state index in [1.54, 1.807) is 6.92 Å². The average molecular weight is 330 g/mol. The van der Waals surface area contributed by atoms with Crippen molar-refractivity contribution in [3.63, 3.8) is 0 Å². The Morgan fingerprint density at radius 1 is 1.17 bits per heavy atom. The zero-order valence-corrected chi connectivity index (χ0v) is 15.0. The summed E-state index contributed by atoms with van der Waals surface area (Å²) in [7, 11) is 0. The Morgan fingerprint density at radius 2 is 1.96 bits per heavy atom. The van der Waals surface area contributed by atoms with E-state index >= 15 is 0 Å². The van der Waals surface area contributed by atoms with Gasteiger partial charge in [0.2, 0.25) is 0 Å². The summed E-state index contributed by atoms with van der Waals surface area (Å²) in [6, 6.07) is 0. The number of fused-ring (bicyclic) bond motifs is 5. The molecular formula is C21H30O3. The number of ketones is 2. The Hall–Kier alpha value is -0.960. The highest BCUT2D eigenvalue weighted by Crippen LogP contribution is 2.66. The summed E-state index contributed by atoms with van der Waals surface area (Å²) in [6.07, 6.45) is 9.80. The highest BCUT2D eigenvalue weighted by atomic mass is 16.3. The van der Waals surface area contributed by atoms with Crippen LogP contribution in [0, 0.1) is 34.5 Å². The van der Waals surface area contributed by atoms with Crippen LogP contribution in [0.3, 0.4) is 0 Å². The smallest absolute Gasteiger partial charge is 0.155 e. The van der Waals surface area contributed by atoms with E-state index in [0.29, 0.717) is 30.0 Å². The van der Waals surface area contributed by atoms with Crippen molar-refractivity contribution in [3.05, 3.63) is 11.6 Å². The number of Topliss-reactive ketones (excluding diaryl/α,β-unsaturated/α-hetero) is 1. The molecule has 0 saturated heterocycles. The van der Waals surface area contributed by atoms with E-state index in [0.717, 1.165) is 38.5 Å². The minimum absolute atomic E-state index is 0.146. The molecule has 4 rings (SSSR count). The second kappa shape index (κ2) is 5.52. The monoisotopic (exact) mass is 330 g/mol. The van der Waals surface area contributed by atoms with Crippen LogP contribution in [0.15, 0.2) is 11.6 Å². The third-order valence-corrected chi connectivity index (χ3v) is 8.46. The van der Waals surface area contributed by atoms with Crippen LogP contribution in [-0.4, -0.2) is 23.3 Å². The highest BCUT2D eigenvalue weighted by molar-refractivity contribution is 5.91. The zero-order valence-electron chi connectivity index (χ0n) is 15.0. The molecule has 3 saturated carbocycles. The Kier molecular flexibility index (Phi) is 3.80. The predicted octanol–water partition coefficient (Wildman–Crippen LogP) is 3.70. The van der Waals surface area contributed by atoms with Crippen LogP contribution in [0.25, 0.3) is 0 Å². The third kappa shape index (κ3) is 2.06. The van der Waals surface area contributed by atoms with Crippen LogP contribution in [0.5, 0.6) is 0 Å². The maximum Gasteiger partial charge on any atom is 0.155 e. The molecule has 3 nitrogen and oxygen atoms in total. The van der Waals surface area contributed by atoms with Crippen LogP contribution in [0.4, 0.5) is 0 Å². The fourth-order valence-corrected chi connectivity index (χ4v) is 7.33. The number of rotatable bonds is 2. The van der Waals surface area contributed by atoms with Crippen LogP contribution in [-0.2, 0) is 9.59 Å². The highest BCUT2D eigenvalue weighted by Gasteiger charge is 2.60. The van der Waals surface area contributed by atoms with E-state index in [9.17, 15) is 14.7 Å². The molecule has 3 heteroatoms. The second-order valence-electron chi connectivity index (χ2n) is 9.15. The Morgan fingerprint density at radius 3 is 2.67 bits per heavy atom. The lowest BCUT2D eigenvalue weighted by molar-refractivity contribution is -0.130. The minimum atomic E-state index is -0.146. The maximum atomic E-state index is 12.2. The van der Waals surface area contributed by atoms with Crippen molar-refractivity contribution < 1.29 is 14.7 Å². The molecule has 0 bridgehead atoms. The van der Waals surface area contributed by atoms with E-state index in [-0.39, 0.29) is 29.1 Å². The largest absolute Gasteiger partial charge is 0.395 e. The van der Waals surface area contributed by atoms with Crippen LogP contribution >= 0.6 is 0 Å². The first-order valence-electron chi connectivity index (χ1n) is 9.77. The second-order valence-corrected chi connectivity index (χ2v) is 9.15. The molecule has 0 aromatic heterocycles. The predicted molar refractivity (Wildman–Crippen MR) is 92.3 cm³/mol. The van der Waals surface area contributed by atoms with Crippen molar-refractivity contribution in [2.24, 2.45) is 34.5 Å².